The van der Waals surface area contributed by atoms with Crippen molar-refractivity contribution in [3.63, 3.8) is 0 Å². The van der Waals surface area contributed by atoms with Crippen LogP contribution in [0.4, 0.5) is 11.4 Å². The highest BCUT2D eigenvalue weighted by Gasteiger charge is 2.25. The molecule has 8 heteroatoms. The Morgan fingerprint density at radius 2 is 1.80 bits per heavy atom. The number of carbonyl (C=O) groups is 2. The lowest BCUT2D eigenvalue weighted by molar-refractivity contribution is -0.115. The highest BCUT2D eigenvalue weighted by atomic mass is 32.2. The van der Waals surface area contributed by atoms with Crippen molar-refractivity contribution < 1.29 is 9.59 Å². The number of nitrogens with zero attached hydrogens (tertiary/aromatic N) is 3. The number of carbonyl (C=O) groups excluding carboxylic acids is 2. The van der Waals surface area contributed by atoms with E-state index in [2.05, 4.69) is 32.0 Å². The number of benzene rings is 1. The fourth-order valence-electron chi connectivity index (χ4n) is 3.65. The summed E-state index contributed by atoms with van der Waals surface area (Å²) in [6.07, 6.45) is 7.88. The Morgan fingerprint density at radius 1 is 1.17 bits per heavy atom. The molecule has 1 heterocycles. The molecule has 0 spiro atoms. The van der Waals surface area contributed by atoms with Crippen molar-refractivity contribution >= 4 is 35.0 Å². The minimum atomic E-state index is -0.341. The number of hydrogen-bond acceptors (Lipinski definition) is 5. The molecule has 160 valence electrons. The van der Waals surface area contributed by atoms with E-state index in [1.165, 1.54) is 37.9 Å². The van der Waals surface area contributed by atoms with E-state index in [4.69, 9.17) is 0 Å². The van der Waals surface area contributed by atoms with Gasteiger partial charge in [0.15, 0.2) is 5.16 Å². The van der Waals surface area contributed by atoms with Gasteiger partial charge in [-0.3, -0.25) is 9.59 Å². The first kappa shape index (κ1) is 22.1. The summed E-state index contributed by atoms with van der Waals surface area (Å²) in [7, 11) is 0. The molecule has 3 rings (SSSR count). The molecular weight excluding hydrogens is 398 g/mol. The molecule has 2 amide bonds. The number of anilines is 2. The van der Waals surface area contributed by atoms with Gasteiger partial charge < -0.3 is 15.2 Å². The minimum Gasteiger partial charge on any atom is -0.326 e. The quantitative estimate of drug-likeness (QED) is 0.475. The second-order valence-electron chi connectivity index (χ2n) is 7.58. The molecule has 2 aromatic rings. The molecule has 1 aliphatic carbocycles. The first-order valence-corrected chi connectivity index (χ1v) is 11.2. The Morgan fingerprint density at radius 3 is 2.40 bits per heavy atom. The predicted molar refractivity (Wildman–Crippen MR) is 121 cm³/mol. The fourth-order valence-corrected chi connectivity index (χ4v) is 4.51. The Balaban J connectivity index is 1.65. The van der Waals surface area contributed by atoms with Gasteiger partial charge in [-0.15, -0.1) is 16.8 Å². The second kappa shape index (κ2) is 10.4. The average molecular weight is 428 g/mol. The van der Waals surface area contributed by atoms with Crippen LogP contribution in [0, 0.1) is 0 Å². The van der Waals surface area contributed by atoms with Gasteiger partial charge in [0.25, 0.3) is 0 Å². The number of aromatic nitrogens is 3. The van der Waals surface area contributed by atoms with Gasteiger partial charge in [0, 0.05) is 30.8 Å². The molecule has 1 aromatic carbocycles. The van der Waals surface area contributed by atoms with Crippen LogP contribution in [-0.4, -0.2) is 31.8 Å². The molecule has 1 aliphatic rings. The average Bonchev–Trinajstić information content (AvgIpc) is 3.12. The van der Waals surface area contributed by atoms with E-state index in [1.54, 1.807) is 24.3 Å². The molecule has 1 unspecified atom stereocenters. The summed E-state index contributed by atoms with van der Waals surface area (Å²) in [6, 6.07) is 7.04. The van der Waals surface area contributed by atoms with Crippen LogP contribution in [0.2, 0.25) is 0 Å². The number of allylic oxidation sites excluding steroid dienone is 1. The maximum atomic E-state index is 12.7. The Kier molecular flexibility index (Phi) is 7.68. The van der Waals surface area contributed by atoms with Crippen molar-refractivity contribution in [1.82, 2.24) is 14.8 Å². The summed E-state index contributed by atoms with van der Waals surface area (Å²) in [5.74, 6) is 1.21. The summed E-state index contributed by atoms with van der Waals surface area (Å²) in [6.45, 7) is 7.82. The number of hydrogen-bond donors (Lipinski definition) is 2. The van der Waals surface area contributed by atoms with Crippen LogP contribution in [0.25, 0.3) is 0 Å². The molecule has 7 nitrogen and oxygen atoms in total. The van der Waals surface area contributed by atoms with Crippen LogP contribution in [-0.2, 0) is 16.1 Å². The maximum absolute atomic E-state index is 12.7. The van der Waals surface area contributed by atoms with E-state index in [9.17, 15) is 9.59 Å². The van der Waals surface area contributed by atoms with Gasteiger partial charge in [-0.05, 0) is 44.0 Å². The largest absolute Gasteiger partial charge is 0.326 e. The molecule has 30 heavy (non-hydrogen) atoms. The highest BCUT2D eigenvalue weighted by Crippen LogP contribution is 2.34. The SMILES string of the molecule is C=CCn1c(SC(C)C(=O)Nc2ccc(NC(C)=O)cc2)nnc1C1CCCCC1. The molecule has 1 atom stereocenters. The first-order valence-electron chi connectivity index (χ1n) is 10.4. The van der Waals surface area contributed by atoms with E-state index in [-0.39, 0.29) is 17.1 Å². The van der Waals surface area contributed by atoms with Gasteiger partial charge in [-0.1, -0.05) is 37.1 Å². The number of nitrogens with one attached hydrogen (secondary N) is 2. The first-order chi connectivity index (χ1) is 14.5. The van der Waals surface area contributed by atoms with Crippen molar-refractivity contribution in [2.24, 2.45) is 0 Å². The van der Waals surface area contributed by atoms with E-state index in [1.807, 2.05) is 13.0 Å². The summed E-state index contributed by atoms with van der Waals surface area (Å²) < 4.78 is 2.10. The Hall–Kier alpha value is -2.61. The highest BCUT2D eigenvalue weighted by molar-refractivity contribution is 8.00. The van der Waals surface area contributed by atoms with Crippen LogP contribution >= 0.6 is 11.8 Å². The fraction of sp³-hybridized carbons (Fsp3) is 0.455. The standard InChI is InChI=1S/C22H29N5O2S/c1-4-14-27-20(17-8-6-5-7-9-17)25-26-22(27)30-15(2)21(29)24-19-12-10-18(11-13-19)23-16(3)28/h4,10-13,15,17H,1,5-9,14H2,2-3H3,(H,23,28)(H,24,29). The molecule has 1 saturated carbocycles. The lowest BCUT2D eigenvalue weighted by Gasteiger charge is -2.21. The number of thioether (sulfide) groups is 1. The molecule has 0 saturated heterocycles. The van der Waals surface area contributed by atoms with Gasteiger partial charge >= 0.3 is 0 Å². The molecule has 1 fully saturated rings. The summed E-state index contributed by atoms with van der Waals surface area (Å²) in [5.41, 5.74) is 1.37. The monoisotopic (exact) mass is 427 g/mol. The predicted octanol–water partition coefficient (Wildman–Crippen LogP) is 4.59. The number of rotatable bonds is 8. The lowest BCUT2D eigenvalue weighted by atomic mass is 9.89. The van der Waals surface area contributed by atoms with E-state index in [0.717, 1.165) is 23.8 Å². The topological polar surface area (TPSA) is 88.9 Å². The van der Waals surface area contributed by atoms with E-state index < -0.39 is 0 Å². The third-order valence-corrected chi connectivity index (χ3v) is 6.23. The van der Waals surface area contributed by atoms with Crippen LogP contribution in [0.1, 0.15) is 57.7 Å². The minimum absolute atomic E-state index is 0.111. The van der Waals surface area contributed by atoms with Gasteiger partial charge in [-0.2, -0.15) is 0 Å². The second-order valence-corrected chi connectivity index (χ2v) is 8.89. The summed E-state index contributed by atoms with van der Waals surface area (Å²) in [4.78, 5) is 23.8. The van der Waals surface area contributed by atoms with Gasteiger partial charge in [0.1, 0.15) is 5.82 Å². The van der Waals surface area contributed by atoms with Gasteiger partial charge in [-0.25, -0.2) is 0 Å². The van der Waals surface area contributed by atoms with Crippen molar-refractivity contribution in [2.45, 2.75) is 68.8 Å². The van der Waals surface area contributed by atoms with E-state index in [0.29, 0.717) is 23.8 Å². The van der Waals surface area contributed by atoms with E-state index >= 15 is 0 Å². The van der Waals surface area contributed by atoms with Crippen molar-refractivity contribution in [1.29, 1.82) is 0 Å². The van der Waals surface area contributed by atoms with Gasteiger partial charge in [0.2, 0.25) is 11.8 Å². The smallest absolute Gasteiger partial charge is 0.237 e. The van der Waals surface area contributed by atoms with Crippen LogP contribution < -0.4 is 10.6 Å². The van der Waals surface area contributed by atoms with Crippen LogP contribution in [0.15, 0.2) is 42.1 Å². The molecule has 1 aromatic heterocycles. The zero-order valence-corrected chi connectivity index (χ0v) is 18.4. The van der Waals surface area contributed by atoms with Gasteiger partial charge in [0.05, 0.1) is 5.25 Å². The molecule has 0 radical (unpaired) electrons. The summed E-state index contributed by atoms with van der Waals surface area (Å²) >= 11 is 1.41. The molecule has 2 N–H and O–H groups in total. The van der Waals surface area contributed by atoms with Crippen molar-refractivity contribution in [3.8, 4) is 0 Å². The Bertz CT molecular complexity index is 887. The normalized spacial score (nSPS) is 15.4. The van der Waals surface area contributed by atoms with Crippen molar-refractivity contribution in [3.05, 3.63) is 42.7 Å². The van der Waals surface area contributed by atoms with Crippen LogP contribution in [0.5, 0.6) is 0 Å². The molecule has 0 bridgehead atoms. The number of amides is 2. The third kappa shape index (κ3) is 5.72. The lowest BCUT2D eigenvalue weighted by Crippen LogP contribution is -2.23. The van der Waals surface area contributed by atoms with Crippen molar-refractivity contribution in [2.75, 3.05) is 10.6 Å². The molecule has 0 aliphatic heterocycles. The summed E-state index contributed by atoms with van der Waals surface area (Å²) in [5, 5.41) is 14.9. The molecular formula is C22H29N5O2S. The van der Waals surface area contributed by atoms with Crippen LogP contribution in [0.3, 0.4) is 0 Å². The zero-order chi connectivity index (χ0) is 21.5. The third-order valence-electron chi connectivity index (χ3n) is 5.15. The Labute approximate surface area is 181 Å². The zero-order valence-electron chi connectivity index (χ0n) is 17.6. The maximum Gasteiger partial charge on any atom is 0.237 e.